The molecule has 0 aliphatic rings. The zero-order valence-electron chi connectivity index (χ0n) is 27.1. The van der Waals surface area contributed by atoms with Crippen molar-refractivity contribution in [3.8, 4) is 55.6 Å². The predicted molar refractivity (Wildman–Crippen MR) is 208 cm³/mol. The first-order valence-corrected chi connectivity index (χ1v) is 17.0. The maximum Gasteiger partial charge on any atom is 0.143 e. The van der Waals surface area contributed by atoms with Crippen molar-refractivity contribution in [2.75, 3.05) is 0 Å². The van der Waals surface area contributed by atoms with Crippen LogP contribution in [0, 0.1) is 0 Å². The Bertz CT molecular complexity index is 2620. The minimum atomic E-state index is 0.884. The van der Waals surface area contributed by atoms with E-state index in [1.54, 1.807) is 0 Å². The maximum absolute atomic E-state index is 6.53. The Balaban J connectivity index is 1.02. The first-order valence-electron chi connectivity index (χ1n) is 17.0. The predicted octanol–water partition coefficient (Wildman–Crippen LogP) is 13.8. The van der Waals surface area contributed by atoms with Gasteiger partial charge in [0.25, 0.3) is 0 Å². The number of hydrogen-bond acceptors (Lipinski definition) is 2. The van der Waals surface area contributed by atoms with Crippen molar-refractivity contribution < 1.29 is 8.83 Å². The van der Waals surface area contributed by atoms with Crippen LogP contribution in [0.2, 0.25) is 0 Å². The molecule has 0 aliphatic heterocycles. The van der Waals surface area contributed by atoms with E-state index in [1.165, 1.54) is 22.3 Å². The highest BCUT2D eigenvalue weighted by atomic mass is 16.3. The van der Waals surface area contributed by atoms with Crippen molar-refractivity contribution in [1.82, 2.24) is 0 Å². The van der Waals surface area contributed by atoms with Crippen molar-refractivity contribution in [2.45, 2.75) is 0 Å². The Kier molecular flexibility index (Phi) is 6.53. The number of rotatable bonds is 5. The number of furan rings is 2. The fourth-order valence-corrected chi connectivity index (χ4v) is 7.36. The van der Waals surface area contributed by atoms with Gasteiger partial charge in [-0.3, -0.25) is 0 Å². The number of benzene rings is 8. The molecule has 2 heterocycles. The summed E-state index contributed by atoms with van der Waals surface area (Å²) in [5, 5.41) is 4.45. The number of hydrogen-bond donors (Lipinski definition) is 0. The van der Waals surface area contributed by atoms with Crippen LogP contribution in [0.15, 0.2) is 191 Å². The van der Waals surface area contributed by atoms with Crippen molar-refractivity contribution >= 4 is 43.9 Å². The molecule has 234 valence electrons. The maximum atomic E-state index is 6.53. The Morgan fingerprint density at radius 1 is 0.240 bits per heavy atom. The molecule has 10 rings (SSSR count). The van der Waals surface area contributed by atoms with Gasteiger partial charge in [0.1, 0.15) is 22.3 Å². The third-order valence-corrected chi connectivity index (χ3v) is 9.93. The average Bonchev–Trinajstić information content (AvgIpc) is 3.76. The second kappa shape index (κ2) is 11.5. The van der Waals surface area contributed by atoms with Crippen LogP contribution in [0.4, 0.5) is 0 Å². The van der Waals surface area contributed by atoms with Gasteiger partial charge < -0.3 is 8.83 Å². The van der Waals surface area contributed by atoms with E-state index < -0.39 is 0 Å². The van der Waals surface area contributed by atoms with Gasteiger partial charge in [-0.15, -0.1) is 0 Å². The molecule has 2 heteroatoms. The molecular formula is C48H30O2. The summed E-state index contributed by atoms with van der Waals surface area (Å²) in [5.41, 5.74) is 15.2. The van der Waals surface area contributed by atoms with Crippen LogP contribution in [0.3, 0.4) is 0 Å². The average molecular weight is 639 g/mol. The van der Waals surface area contributed by atoms with Crippen molar-refractivity contribution in [1.29, 1.82) is 0 Å². The first kappa shape index (κ1) is 28.4. The van der Waals surface area contributed by atoms with Crippen LogP contribution in [0.1, 0.15) is 0 Å². The SMILES string of the molecule is c1ccc(-c2ccc(-c3cccc4c3oc3ccc(-c5ccc6oc7c(-c8ccc(-c9ccccc9)cc8)cccc7c6c5)cc34)cc2)cc1. The van der Waals surface area contributed by atoms with Gasteiger partial charge in [0.05, 0.1) is 0 Å². The minimum absolute atomic E-state index is 0.884. The molecule has 0 bridgehead atoms. The third kappa shape index (κ3) is 4.73. The van der Waals surface area contributed by atoms with Gasteiger partial charge in [-0.25, -0.2) is 0 Å². The Morgan fingerprint density at radius 3 is 1.02 bits per heavy atom. The van der Waals surface area contributed by atoms with Gasteiger partial charge >= 0.3 is 0 Å². The standard InChI is InChI=1S/C48H30O2/c1-3-9-31(10-4-1)33-17-21-35(22-18-33)39-13-7-15-41-43-29-37(25-27-45(43)49-47(39)41)38-26-28-46-44(30-38)42-16-8-14-40(48(42)50-46)36-23-19-34(20-24-36)32-11-5-2-6-12-32/h1-30H. The molecule has 0 fully saturated rings. The highest BCUT2D eigenvalue weighted by Crippen LogP contribution is 2.41. The van der Waals surface area contributed by atoms with Crippen LogP contribution in [-0.4, -0.2) is 0 Å². The van der Waals surface area contributed by atoms with Gasteiger partial charge in [-0.2, -0.15) is 0 Å². The lowest BCUT2D eigenvalue weighted by Crippen LogP contribution is -1.81. The van der Waals surface area contributed by atoms with E-state index in [1.807, 2.05) is 12.1 Å². The smallest absolute Gasteiger partial charge is 0.143 e. The van der Waals surface area contributed by atoms with Crippen molar-refractivity contribution in [2.24, 2.45) is 0 Å². The Hall–Kier alpha value is -6.64. The van der Waals surface area contributed by atoms with Crippen LogP contribution < -0.4 is 0 Å². The van der Waals surface area contributed by atoms with Crippen LogP contribution in [-0.2, 0) is 0 Å². The molecule has 8 aromatic carbocycles. The highest BCUT2D eigenvalue weighted by Gasteiger charge is 2.16. The number of para-hydroxylation sites is 2. The van der Waals surface area contributed by atoms with Gasteiger partial charge in [-0.1, -0.05) is 158 Å². The van der Waals surface area contributed by atoms with Crippen LogP contribution in [0.25, 0.3) is 99.5 Å². The van der Waals surface area contributed by atoms with E-state index in [4.69, 9.17) is 8.83 Å². The molecule has 0 spiro atoms. The molecular weight excluding hydrogens is 609 g/mol. The van der Waals surface area contributed by atoms with E-state index in [2.05, 4.69) is 170 Å². The van der Waals surface area contributed by atoms with Crippen LogP contribution in [0.5, 0.6) is 0 Å². The van der Waals surface area contributed by atoms with E-state index in [0.29, 0.717) is 0 Å². The highest BCUT2D eigenvalue weighted by molar-refractivity contribution is 6.12. The zero-order chi connectivity index (χ0) is 33.0. The molecule has 2 aromatic heterocycles. The summed E-state index contributed by atoms with van der Waals surface area (Å²) >= 11 is 0. The molecule has 0 saturated carbocycles. The third-order valence-electron chi connectivity index (χ3n) is 9.93. The van der Waals surface area contributed by atoms with E-state index >= 15 is 0 Å². The Labute approximate surface area is 289 Å². The summed E-state index contributed by atoms with van der Waals surface area (Å²) in [6.07, 6.45) is 0. The van der Waals surface area contributed by atoms with Crippen molar-refractivity contribution in [3.63, 3.8) is 0 Å². The summed E-state index contributed by atoms with van der Waals surface area (Å²) < 4.78 is 13.1. The topological polar surface area (TPSA) is 26.3 Å². The van der Waals surface area contributed by atoms with Gasteiger partial charge in [-0.05, 0) is 68.8 Å². The van der Waals surface area contributed by atoms with E-state index in [9.17, 15) is 0 Å². The lowest BCUT2D eigenvalue weighted by Gasteiger charge is -2.06. The molecule has 10 aromatic rings. The fourth-order valence-electron chi connectivity index (χ4n) is 7.36. The lowest BCUT2D eigenvalue weighted by atomic mass is 9.97. The molecule has 0 aliphatic carbocycles. The summed E-state index contributed by atoms with van der Waals surface area (Å²) in [6.45, 7) is 0. The first-order chi connectivity index (χ1) is 24.8. The van der Waals surface area contributed by atoms with Gasteiger partial charge in [0.15, 0.2) is 0 Å². The quantitative estimate of drug-likeness (QED) is 0.187. The summed E-state index contributed by atoms with van der Waals surface area (Å²) in [5.74, 6) is 0. The molecule has 50 heavy (non-hydrogen) atoms. The molecule has 0 atom stereocenters. The lowest BCUT2D eigenvalue weighted by molar-refractivity contribution is 0.669. The number of fused-ring (bicyclic) bond motifs is 6. The van der Waals surface area contributed by atoms with Gasteiger partial charge in [0, 0.05) is 32.7 Å². The van der Waals surface area contributed by atoms with E-state index in [0.717, 1.165) is 77.3 Å². The molecule has 0 saturated heterocycles. The molecule has 2 nitrogen and oxygen atoms in total. The monoisotopic (exact) mass is 638 g/mol. The minimum Gasteiger partial charge on any atom is -0.455 e. The normalized spacial score (nSPS) is 11.6. The van der Waals surface area contributed by atoms with Gasteiger partial charge in [0.2, 0.25) is 0 Å². The van der Waals surface area contributed by atoms with Crippen LogP contribution >= 0.6 is 0 Å². The molecule has 0 radical (unpaired) electrons. The summed E-state index contributed by atoms with van der Waals surface area (Å²) in [7, 11) is 0. The molecule has 0 unspecified atom stereocenters. The Morgan fingerprint density at radius 2 is 0.600 bits per heavy atom. The second-order valence-corrected chi connectivity index (χ2v) is 12.9. The van der Waals surface area contributed by atoms with E-state index in [-0.39, 0.29) is 0 Å². The summed E-state index contributed by atoms with van der Waals surface area (Å²) in [6, 6.07) is 64.3. The largest absolute Gasteiger partial charge is 0.455 e. The zero-order valence-corrected chi connectivity index (χ0v) is 27.1. The van der Waals surface area contributed by atoms with Crippen molar-refractivity contribution in [3.05, 3.63) is 182 Å². The summed E-state index contributed by atoms with van der Waals surface area (Å²) in [4.78, 5) is 0. The molecule has 0 N–H and O–H groups in total. The molecule has 0 amide bonds. The fraction of sp³-hybridized carbons (Fsp3) is 0. The second-order valence-electron chi connectivity index (χ2n) is 12.9.